The number of hydrogen-bond acceptors (Lipinski definition) is 5. The third-order valence-corrected chi connectivity index (χ3v) is 3.91. The van der Waals surface area contributed by atoms with Gasteiger partial charge in [0, 0.05) is 31.9 Å². The van der Waals surface area contributed by atoms with E-state index in [1.807, 2.05) is 6.07 Å². The number of pyridine rings is 1. The van der Waals surface area contributed by atoms with Crippen molar-refractivity contribution < 1.29 is 9.53 Å². The van der Waals surface area contributed by atoms with Crippen molar-refractivity contribution in [3.8, 4) is 0 Å². The number of methoxy groups -OCH3 is 1. The second-order valence-electron chi connectivity index (χ2n) is 4.86. The number of ether oxygens (including phenoxy) is 1. The van der Waals surface area contributed by atoms with Crippen molar-refractivity contribution in [2.45, 2.75) is 12.5 Å². The molecule has 1 aromatic heterocycles. The van der Waals surface area contributed by atoms with E-state index in [0.29, 0.717) is 17.5 Å². The third-order valence-electron chi connectivity index (χ3n) is 3.91. The minimum Gasteiger partial charge on any atom is -0.465 e. The second-order valence-corrected chi connectivity index (χ2v) is 4.86. The van der Waals surface area contributed by atoms with Crippen LogP contribution in [-0.2, 0) is 4.74 Å². The van der Waals surface area contributed by atoms with Crippen LogP contribution >= 0.6 is 0 Å². The molecule has 0 unspecified atom stereocenters. The Morgan fingerprint density at radius 1 is 1.56 bits per heavy atom. The molecule has 3 rings (SSSR count). The maximum absolute atomic E-state index is 11.5. The van der Waals surface area contributed by atoms with Gasteiger partial charge in [-0.1, -0.05) is 0 Å². The molecule has 2 saturated heterocycles. The molecule has 0 radical (unpaired) electrons. The van der Waals surface area contributed by atoms with Crippen molar-refractivity contribution in [1.82, 2.24) is 10.3 Å². The Hall–Kier alpha value is -1.62. The monoisotopic (exact) mass is 247 g/mol. The van der Waals surface area contributed by atoms with E-state index in [9.17, 15) is 4.79 Å². The van der Waals surface area contributed by atoms with E-state index in [4.69, 9.17) is 4.74 Å². The van der Waals surface area contributed by atoms with Gasteiger partial charge in [0.05, 0.1) is 12.7 Å². The molecule has 1 N–H and O–H groups in total. The first-order valence-electron chi connectivity index (χ1n) is 6.31. The molecule has 0 amide bonds. The van der Waals surface area contributed by atoms with Crippen molar-refractivity contribution in [2.75, 3.05) is 31.6 Å². The summed E-state index contributed by atoms with van der Waals surface area (Å²) in [6.07, 6.45) is 2.87. The van der Waals surface area contributed by atoms with E-state index in [1.54, 1.807) is 12.3 Å². The van der Waals surface area contributed by atoms with Gasteiger partial charge >= 0.3 is 5.97 Å². The Morgan fingerprint density at radius 2 is 2.44 bits per heavy atom. The Morgan fingerprint density at radius 3 is 3.28 bits per heavy atom. The molecule has 0 bridgehead atoms. The maximum Gasteiger partial charge on any atom is 0.338 e. The van der Waals surface area contributed by atoms with Crippen LogP contribution in [-0.4, -0.2) is 43.7 Å². The summed E-state index contributed by atoms with van der Waals surface area (Å²) < 4.78 is 4.74. The number of nitrogens with one attached hydrogen (secondary N) is 1. The first-order chi connectivity index (χ1) is 8.79. The molecule has 5 heteroatoms. The summed E-state index contributed by atoms with van der Waals surface area (Å²) in [5.41, 5.74) is 0.567. The molecular weight excluding hydrogens is 230 g/mol. The van der Waals surface area contributed by atoms with E-state index in [1.165, 1.54) is 13.5 Å². The number of aromatic nitrogens is 1. The molecule has 1 aromatic rings. The van der Waals surface area contributed by atoms with Gasteiger partial charge in [0.2, 0.25) is 0 Å². The van der Waals surface area contributed by atoms with Crippen LogP contribution in [0.2, 0.25) is 0 Å². The second kappa shape index (κ2) is 4.57. The van der Waals surface area contributed by atoms with Crippen molar-refractivity contribution in [3.63, 3.8) is 0 Å². The molecule has 2 aliphatic heterocycles. The number of hydrogen-bond donors (Lipinski definition) is 1. The van der Waals surface area contributed by atoms with Gasteiger partial charge in [-0.25, -0.2) is 9.78 Å². The first-order valence-corrected chi connectivity index (χ1v) is 6.31. The molecular formula is C13H17N3O2. The fourth-order valence-corrected chi connectivity index (χ4v) is 2.95. The highest BCUT2D eigenvalue weighted by atomic mass is 16.5. The molecule has 0 aromatic carbocycles. The molecule has 18 heavy (non-hydrogen) atoms. The summed E-state index contributed by atoms with van der Waals surface area (Å²) in [5.74, 6) is 1.29. The van der Waals surface area contributed by atoms with Crippen LogP contribution in [0.3, 0.4) is 0 Å². The lowest BCUT2D eigenvalue weighted by Crippen LogP contribution is -2.34. The summed E-state index contributed by atoms with van der Waals surface area (Å²) in [6.45, 7) is 3.13. The van der Waals surface area contributed by atoms with E-state index in [-0.39, 0.29) is 5.97 Å². The highest BCUT2D eigenvalue weighted by molar-refractivity contribution is 5.90. The minimum atomic E-state index is -0.307. The van der Waals surface area contributed by atoms with Gasteiger partial charge in [0.25, 0.3) is 0 Å². The van der Waals surface area contributed by atoms with Crippen LogP contribution in [0.5, 0.6) is 0 Å². The lowest BCUT2D eigenvalue weighted by Gasteiger charge is -2.24. The zero-order chi connectivity index (χ0) is 12.5. The topological polar surface area (TPSA) is 54.5 Å². The normalized spacial score (nSPS) is 26.2. The number of carbonyl (C=O) groups is 1. The molecule has 5 nitrogen and oxygen atoms in total. The van der Waals surface area contributed by atoms with Gasteiger partial charge in [-0.2, -0.15) is 0 Å². The standard InChI is InChI=1S/C13H17N3O2/c1-18-13(17)9-2-4-15-12(6-9)16-5-3-10-7-14-8-11(10)16/h2,4,6,10-11,14H,3,5,7-8H2,1H3/t10-,11+/m0/s1. The maximum atomic E-state index is 11.5. The Bertz CT molecular complexity index is 463. The highest BCUT2D eigenvalue weighted by Gasteiger charge is 2.38. The SMILES string of the molecule is COC(=O)c1ccnc(N2CC[C@H]3CNC[C@H]32)c1. The quantitative estimate of drug-likeness (QED) is 0.778. The molecule has 96 valence electrons. The van der Waals surface area contributed by atoms with Gasteiger partial charge < -0.3 is 15.0 Å². The number of nitrogens with zero attached hydrogens (tertiary/aromatic N) is 2. The predicted molar refractivity (Wildman–Crippen MR) is 67.7 cm³/mol. The molecule has 3 heterocycles. The largest absolute Gasteiger partial charge is 0.465 e. The zero-order valence-electron chi connectivity index (χ0n) is 10.4. The number of carbonyl (C=O) groups excluding carboxylic acids is 1. The van der Waals surface area contributed by atoms with Gasteiger partial charge in [-0.3, -0.25) is 0 Å². The summed E-state index contributed by atoms with van der Waals surface area (Å²) in [7, 11) is 1.40. The van der Waals surface area contributed by atoms with Gasteiger partial charge in [-0.15, -0.1) is 0 Å². The van der Waals surface area contributed by atoms with Crippen LogP contribution in [0.1, 0.15) is 16.8 Å². The Kier molecular flexibility index (Phi) is 2.91. The fraction of sp³-hybridized carbons (Fsp3) is 0.538. The lowest BCUT2D eigenvalue weighted by atomic mass is 10.1. The Labute approximate surface area is 106 Å². The summed E-state index contributed by atoms with van der Waals surface area (Å²) in [4.78, 5) is 18.2. The smallest absolute Gasteiger partial charge is 0.338 e. The number of rotatable bonds is 2. The summed E-state index contributed by atoms with van der Waals surface area (Å²) >= 11 is 0. The molecule has 0 aliphatic carbocycles. The molecule has 0 spiro atoms. The van der Waals surface area contributed by atoms with Crippen LogP contribution in [0, 0.1) is 5.92 Å². The van der Waals surface area contributed by atoms with Crippen LogP contribution < -0.4 is 10.2 Å². The van der Waals surface area contributed by atoms with E-state index in [2.05, 4.69) is 15.2 Å². The number of anilines is 1. The van der Waals surface area contributed by atoms with Gasteiger partial charge in [0.15, 0.2) is 0 Å². The summed E-state index contributed by atoms with van der Waals surface area (Å²) in [5, 5.41) is 3.41. The molecule has 2 aliphatic rings. The van der Waals surface area contributed by atoms with E-state index >= 15 is 0 Å². The van der Waals surface area contributed by atoms with Crippen LogP contribution in [0.15, 0.2) is 18.3 Å². The van der Waals surface area contributed by atoms with Crippen molar-refractivity contribution >= 4 is 11.8 Å². The van der Waals surface area contributed by atoms with E-state index < -0.39 is 0 Å². The lowest BCUT2D eigenvalue weighted by molar-refractivity contribution is 0.0600. The van der Waals surface area contributed by atoms with Gasteiger partial charge in [-0.05, 0) is 24.5 Å². The van der Waals surface area contributed by atoms with E-state index in [0.717, 1.165) is 25.5 Å². The number of fused-ring (bicyclic) bond motifs is 1. The van der Waals surface area contributed by atoms with Crippen molar-refractivity contribution in [1.29, 1.82) is 0 Å². The van der Waals surface area contributed by atoms with Crippen LogP contribution in [0.25, 0.3) is 0 Å². The van der Waals surface area contributed by atoms with Crippen molar-refractivity contribution in [3.05, 3.63) is 23.9 Å². The molecule has 2 fully saturated rings. The average Bonchev–Trinajstić information content (AvgIpc) is 3.00. The highest BCUT2D eigenvalue weighted by Crippen LogP contribution is 2.31. The van der Waals surface area contributed by atoms with Crippen LogP contribution in [0.4, 0.5) is 5.82 Å². The first kappa shape index (κ1) is 11.5. The zero-order valence-corrected chi connectivity index (χ0v) is 10.4. The summed E-state index contributed by atoms with van der Waals surface area (Å²) in [6, 6.07) is 4.04. The number of esters is 1. The third kappa shape index (κ3) is 1.84. The molecule has 0 saturated carbocycles. The van der Waals surface area contributed by atoms with Crippen molar-refractivity contribution in [2.24, 2.45) is 5.92 Å². The molecule has 2 atom stereocenters. The average molecular weight is 247 g/mol. The minimum absolute atomic E-state index is 0.307. The Balaban J connectivity index is 1.86. The fourth-order valence-electron chi connectivity index (χ4n) is 2.95. The van der Waals surface area contributed by atoms with Gasteiger partial charge in [0.1, 0.15) is 5.82 Å². The predicted octanol–water partition coefficient (Wildman–Crippen LogP) is 0.666.